The maximum atomic E-state index is 2.47. The van der Waals surface area contributed by atoms with E-state index < -0.39 is 0 Å². The van der Waals surface area contributed by atoms with Crippen LogP contribution in [0.3, 0.4) is 0 Å². The third kappa shape index (κ3) is 6.52. The van der Waals surface area contributed by atoms with Crippen LogP contribution in [0, 0.1) is 0 Å². The first kappa shape index (κ1) is 37.3. The fourth-order valence-corrected chi connectivity index (χ4v) is 9.72. The van der Waals surface area contributed by atoms with E-state index in [1.807, 2.05) is 0 Å². The van der Waals surface area contributed by atoms with Gasteiger partial charge in [-0.25, -0.2) is 0 Å². The van der Waals surface area contributed by atoms with Crippen LogP contribution in [0.5, 0.6) is 0 Å². The normalized spacial score (nSPS) is 11.4. The highest BCUT2D eigenvalue weighted by atomic mass is 15.1. The van der Waals surface area contributed by atoms with Crippen molar-refractivity contribution in [1.29, 1.82) is 0 Å². The topological polar surface area (TPSA) is 8.17 Å². The Labute approximate surface area is 373 Å². The van der Waals surface area contributed by atoms with Crippen molar-refractivity contribution >= 4 is 60.4 Å². The molecule has 1 heterocycles. The second-order valence-electron chi connectivity index (χ2n) is 16.5. The molecule has 64 heavy (non-hydrogen) atoms. The second kappa shape index (κ2) is 15.8. The van der Waals surface area contributed by atoms with Crippen molar-refractivity contribution in [1.82, 2.24) is 4.57 Å². The Morgan fingerprint density at radius 2 is 0.625 bits per heavy atom. The van der Waals surface area contributed by atoms with E-state index in [9.17, 15) is 0 Å². The molecule has 0 bridgehead atoms. The summed E-state index contributed by atoms with van der Waals surface area (Å²) in [6.07, 6.45) is 0. The molecule has 1 aromatic heterocycles. The van der Waals surface area contributed by atoms with Gasteiger partial charge in [0.2, 0.25) is 0 Å². The summed E-state index contributed by atoms with van der Waals surface area (Å²) in [7, 11) is 0. The smallest absolute Gasteiger partial charge is 0.0625 e. The minimum Gasteiger partial charge on any atom is -0.311 e. The Bertz CT molecular complexity index is 3620. The van der Waals surface area contributed by atoms with E-state index >= 15 is 0 Å². The van der Waals surface area contributed by atoms with Crippen LogP contribution in [0.1, 0.15) is 0 Å². The van der Waals surface area contributed by atoms with Gasteiger partial charge in [-0.2, -0.15) is 0 Å². The Kier molecular flexibility index (Phi) is 9.20. The number of fused-ring (bicyclic) bond motifs is 8. The van der Waals surface area contributed by atoms with Crippen LogP contribution in [0.2, 0.25) is 0 Å². The number of rotatable bonds is 8. The van der Waals surface area contributed by atoms with Gasteiger partial charge in [0.1, 0.15) is 0 Å². The average Bonchev–Trinajstić information content (AvgIpc) is 3.74. The van der Waals surface area contributed by atoms with Gasteiger partial charge in [-0.1, -0.05) is 194 Å². The number of benzene rings is 11. The Morgan fingerprint density at radius 1 is 0.250 bits per heavy atom. The Morgan fingerprint density at radius 3 is 1.19 bits per heavy atom. The first-order valence-electron chi connectivity index (χ1n) is 22.0. The molecule has 0 aliphatic carbocycles. The van der Waals surface area contributed by atoms with Gasteiger partial charge in [0, 0.05) is 38.9 Å². The number of nitrogens with zero attached hydrogens (tertiary/aromatic N) is 2. The number of para-hydroxylation sites is 1. The van der Waals surface area contributed by atoms with E-state index in [-0.39, 0.29) is 0 Å². The van der Waals surface area contributed by atoms with Crippen molar-refractivity contribution in [2.45, 2.75) is 0 Å². The summed E-state index contributed by atoms with van der Waals surface area (Å²) in [5.74, 6) is 0. The standard InChI is InChI=1S/C62H42N2/c1-3-15-43(16-4-1)45-29-35-51(36-30-45)63(52-37-31-46(32-38-52)49-20-13-19-48(41-49)44-17-5-2-6-18-44)53-39-33-47(34-40-53)50-21-14-22-54(42-50)64-60-28-12-11-27-59(60)61-57-25-9-7-23-55(57)56-24-8-10-26-58(56)62(61)64/h1-42H. The zero-order valence-corrected chi connectivity index (χ0v) is 35.1. The van der Waals surface area contributed by atoms with Crippen molar-refractivity contribution < 1.29 is 0 Å². The molecule has 0 spiro atoms. The molecule has 11 aromatic carbocycles. The van der Waals surface area contributed by atoms with Crippen molar-refractivity contribution in [3.05, 3.63) is 255 Å². The molecule has 12 rings (SSSR count). The van der Waals surface area contributed by atoms with Gasteiger partial charge in [0.15, 0.2) is 0 Å². The molecule has 0 unspecified atom stereocenters. The lowest BCUT2D eigenvalue weighted by atomic mass is 9.97. The van der Waals surface area contributed by atoms with Crippen LogP contribution in [0.25, 0.3) is 93.5 Å². The van der Waals surface area contributed by atoms with Gasteiger partial charge in [-0.3, -0.25) is 0 Å². The highest BCUT2D eigenvalue weighted by Crippen LogP contribution is 2.43. The third-order valence-corrected chi connectivity index (χ3v) is 12.8. The van der Waals surface area contributed by atoms with Crippen molar-refractivity contribution in [2.75, 3.05) is 4.90 Å². The van der Waals surface area contributed by atoms with E-state index in [0.717, 1.165) is 28.3 Å². The summed E-state index contributed by atoms with van der Waals surface area (Å²) in [6.45, 7) is 0. The molecule has 0 atom stereocenters. The van der Waals surface area contributed by atoms with E-state index in [1.165, 1.54) is 82.3 Å². The van der Waals surface area contributed by atoms with Crippen molar-refractivity contribution in [3.8, 4) is 50.2 Å². The van der Waals surface area contributed by atoms with Crippen molar-refractivity contribution in [3.63, 3.8) is 0 Å². The lowest BCUT2D eigenvalue weighted by Gasteiger charge is -2.26. The van der Waals surface area contributed by atoms with E-state index in [1.54, 1.807) is 0 Å². The number of anilines is 3. The van der Waals surface area contributed by atoms with Gasteiger partial charge in [0.25, 0.3) is 0 Å². The molecular weight excluding hydrogens is 773 g/mol. The minimum absolute atomic E-state index is 1.09. The van der Waals surface area contributed by atoms with E-state index in [4.69, 9.17) is 0 Å². The van der Waals surface area contributed by atoms with Crippen LogP contribution < -0.4 is 4.90 Å². The highest BCUT2D eigenvalue weighted by Gasteiger charge is 2.19. The van der Waals surface area contributed by atoms with E-state index in [0.29, 0.717) is 0 Å². The maximum absolute atomic E-state index is 2.47. The fourth-order valence-electron chi connectivity index (χ4n) is 9.72. The van der Waals surface area contributed by atoms with Gasteiger partial charge in [-0.05, 0) is 121 Å². The maximum Gasteiger partial charge on any atom is 0.0625 e. The van der Waals surface area contributed by atoms with Gasteiger partial charge >= 0.3 is 0 Å². The van der Waals surface area contributed by atoms with Crippen LogP contribution in [-0.4, -0.2) is 4.57 Å². The molecule has 300 valence electrons. The molecule has 0 radical (unpaired) electrons. The summed E-state index contributed by atoms with van der Waals surface area (Å²) in [5, 5.41) is 7.66. The van der Waals surface area contributed by atoms with Gasteiger partial charge in [-0.15, -0.1) is 0 Å². The number of hydrogen-bond donors (Lipinski definition) is 0. The molecule has 0 saturated heterocycles. The molecule has 0 saturated carbocycles. The first-order valence-corrected chi connectivity index (χ1v) is 22.0. The molecule has 2 heteroatoms. The Hall–Kier alpha value is -8.46. The molecule has 0 aliphatic rings. The van der Waals surface area contributed by atoms with Crippen molar-refractivity contribution in [2.24, 2.45) is 0 Å². The number of hydrogen-bond acceptors (Lipinski definition) is 1. The zero-order chi connectivity index (χ0) is 42.4. The quantitative estimate of drug-likeness (QED) is 0.139. The van der Waals surface area contributed by atoms with Gasteiger partial charge < -0.3 is 9.47 Å². The summed E-state index contributed by atoms with van der Waals surface area (Å²) in [4.78, 5) is 2.35. The second-order valence-corrected chi connectivity index (χ2v) is 16.5. The lowest BCUT2D eigenvalue weighted by molar-refractivity contribution is 1.19. The fraction of sp³-hybridized carbons (Fsp3) is 0. The summed E-state index contributed by atoms with van der Waals surface area (Å²) in [6, 6.07) is 92.5. The summed E-state index contributed by atoms with van der Waals surface area (Å²) < 4.78 is 2.47. The molecule has 0 fully saturated rings. The summed E-state index contributed by atoms with van der Waals surface area (Å²) in [5.41, 5.74) is 16.4. The van der Waals surface area contributed by atoms with Crippen LogP contribution in [0.4, 0.5) is 17.1 Å². The van der Waals surface area contributed by atoms with Crippen LogP contribution in [-0.2, 0) is 0 Å². The minimum atomic E-state index is 1.09. The zero-order valence-electron chi connectivity index (χ0n) is 35.1. The molecule has 2 nitrogen and oxygen atoms in total. The SMILES string of the molecule is c1ccc(-c2ccc(N(c3ccc(-c4cccc(-c5ccccc5)c4)cc3)c3ccc(-c4cccc(-n5c6ccccc6c6c7ccccc7c7ccccc7c65)c4)cc3)cc2)cc1. The predicted octanol–water partition coefficient (Wildman–Crippen LogP) is 17.2. The van der Waals surface area contributed by atoms with E-state index in [2.05, 4.69) is 264 Å². The monoisotopic (exact) mass is 814 g/mol. The Balaban J connectivity index is 0.936. The average molecular weight is 815 g/mol. The third-order valence-electron chi connectivity index (χ3n) is 12.8. The molecule has 0 amide bonds. The van der Waals surface area contributed by atoms with Gasteiger partial charge in [0.05, 0.1) is 11.0 Å². The largest absolute Gasteiger partial charge is 0.311 e. The van der Waals surface area contributed by atoms with Crippen LogP contribution >= 0.6 is 0 Å². The predicted molar refractivity (Wildman–Crippen MR) is 272 cm³/mol. The summed E-state index contributed by atoms with van der Waals surface area (Å²) >= 11 is 0. The lowest BCUT2D eigenvalue weighted by Crippen LogP contribution is -2.09. The van der Waals surface area contributed by atoms with Crippen LogP contribution in [0.15, 0.2) is 255 Å². The highest BCUT2D eigenvalue weighted by molar-refractivity contribution is 6.32. The number of aromatic nitrogens is 1. The molecule has 0 aliphatic heterocycles. The first-order chi connectivity index (χ1) is 31.7. The molecule has 0 N–H and O–H groups in total. The molecule has 12 aromatic rings. The molecular formula is C62H42N2.